The molecule has 0 saturated carbocycles. The van der Waals surface area contributed by atoms with E-state index in [0.717, 1.165) is 39.6 Å². The lowest BCUT2D eigenvalue weighted by Gasteiger charge is -2.18. The van der Waals surface area contributed by atoms with Gasteiger partial charge in [-0.1, -0.05) is 30.8 Å². The minimum atomic E-state index is -0.115. The molecule has 1 aliphatic heterocycles. The highest BCUT2D eigenvalue weighted by Crippen LogP contribution is 2.45. The molecule has 0 aliphatic carbocycles. The van der Waals surface area contributed by atoms with E-state index in [1.165, 1.54) is 0 Å². The van der Waals surface area contributed by atoms with Gasteiger partial charge in [0.25, 0.3) is 5.91 Å². The topological polar surface area (TPSA) is 38.8 Å². The number of rotatable bonds is 4. The molecule has 0 bridgehead atoms. The molecule has 0 aromatic heterocycles. The van der Waals surface area contributed by atoms with Crippen molar-refractivity contribution in [2.45, 2.75) is 0 Å². The van der Waals surface area contributed by atoms with Crippen LogP contribution in [-0.2, 0) is 4.79 Å². The van der Waals surface area contributed by atoms with Crippen LogP contribution in [0.4, 0.5) is 11.4 Å². The summed E-state index contributed by atoms with van der Waals surface area (Å²) >= 11 is 0. The summed E-state index contributed by atoms with van der Waals surface area (Å²) in [5.41, 5.74) is 4.97. The maximum atomic E-state index is 13.0. The molecule has 0 spiro atoms. The highest BCUT2D eigenvalue weighted by atomic mass is 16.5. The minimum absolute atomic E-state index is 0.115. The fourth-order valence-corrected chi connectivity index (χ4v) is 3.39. The lowest BCUT2D eigenvalue weighted by Crippen LogP contribution is -2.19. The number of anilines is 2. The lowest BCUT2D eigenvalue weighted by atomic mass is 9.95. The van der Waals surface area contributed by atoms with Gasteiger partial charge in [-0.2, -0.15) is 0 Å². The Morgan fingerprint density at radius 3 is 2.00 bits per heavy atom. The lowest BCUT2D eigenvalue weighted by molar-refractivity contribution is -0.112. The maximum absolute atomic E-state index is 13.0. The van der Waals surface area contributed by atoms with E-state index >= 15 is 0 Å². The highest BCUT2D eigenvalue weighted by molar-refractivity contribution is 6.35. The zero-order chi connectivity index (χ0) is 19.0. The van der Waals surface area contributed by atoms with E-state index in [4.69, 9.17) is 9.47 Å². The van der Waals surface area contributed by atoms with Crippen molar-refractivity contribution in [1.29, 1.82) is 0 Å². The molecule has 3 aromatic rings. The number of benzene rings is 3. The molecule has 4 nitrogen and oxygen atoms in total. The molecule has 3 aromatic carbocycles. The standard InChI is InChI=1S/C23H19NO3/c1-15-22-20(16-7-11-18(26-2)12-8-16)5-4-6-21(22)24(23(15)25)17-9-13-19(27-3)14-10-17/h4-14H,1H2,2-3H3. The zero-order valence-electron chi connectivity index (χ0n) is 15.2. The van der Waals surface area contributed by atoms with E-state index in [2.05, 4.69) is 6.58 Å². The number of hydrogen-bond acceptors (Lipinski definition) is 3. The minimum Gasteiger partial charge on any atom is -0.497 e. The van der Waals surface area contributed by atoms with E-state index < -0.39 is 0 Å². The first-order valence-corrected chi connectivity index (χ1v) is 8.59. The summed E-state index contributed by atoms with van der Waals surface area (Å²) in [6.07, 6.45) is 0. The fraction of sp³-hybridized carbons (Fsp3) is 0.0870. The van der Waals surface area contributed by atoms with Crippen LogP contribution in [0.25, 0.3) is 16.7 Å². The summed E-state index contributed by atoms with van der Waals surface area (Å²) in [4.78, 5) is 14.7. The van der Waals surface area contributed by atoms with Gasteiger partial charge in [0.1, 0.15) is 11.5 Å². The van der Waals surface area contributed by atoms with Gasteiger partial charge in [0.05, 0.1) is 19.9 Å². The first-order valence-electron chi connectivity index (χ1n) is 8.59. The predicted octanol–water partition coefficient (Wildman–Crippen LogP) is 5.06. The molecule has 4 rings (SSSR count). The van der Waals surface area contributed by atoms with Crippen molar-refractivity contribution in [2.24, 2.45) is 0 Å². The van der Waals surface area contributed by atoms with Crippen LogP contribution >= 0.6 is 0 Å². The average molecular weight is 357 g/mol. The number of amides is 1. The SMILES string of the molecule is C=C1C(=O)N(c2ccc(OC)cc2)c2cccc(-c3ccc(OC)cc3)c21. The van der Waals surface area contributed by atoms with Crippen LogP contribution in [0.5, 0.6) is 11.5 Å². The molecule has 0 unspecified atom stereocenters. The van der Waals surface area contributed by atoms with Crippen LogP contribution in [0.2, 0.25) is 0 Å². The largest absolute Gasteiger partial charge is 0.497 e. The number of hydrogen-bond donors (Lipinski definition) is 0. The molecular weight excluding hydrogens is 338 g/mol. The summed E-state index contributed by atoms with van der Waals surface area (Å²) in [6.45, 7) is 4.07. The summed E-state index contributed by atoms with van der Waals surface area (Å²) in [6, 6.07) is 21.2. The van der Waals surface area contributed by atoms with Crippen LogP contribution in [0.1, 0.15) is 5.56 Å². The summed E-state index contributed by atoms with van der Waals surface area (Å²) in [5, 5.41) is 0. The van der Waals surface area contributed by atoms with Gasteiger partial charge in [0, 0.05) is 16.8 Å². The van der Waals surface area contributed by atoms with Gasteiger partial charge < -0.3 is 9.47 Å². The molecule has 0 N–H and O–H groups in total. The number of carbonyl (C=O) groups excluding carboxylic acids is 1. The Labute approximate surface area is 158 Å². The smallest absolute Gasteiger partial charge is 0.262 e. The molecule has 1 amide bonds. The van der Waals surface area contributed by atoms with E-state index in [9.17, 15) is 4.79 Å². The van der Waals surface area contributed by atoms with Crippen molar-refractivity contribution in [2.75, 3.05) is 19.1 Å². The molecule has 0 saturated heterocycles. The Bertz CT molecular complexity index is 1020. The van der Waals surface area contributed by atoms with Crippen molar-refractivity contribution in [3.05, 3.63) is 78.9 Å². The second-order valence-corrected chi connectivity index (χ2v) is 6.25. The molecule has 134 valence electrons. The zero-order valence-corrected chi connectivity index (χ0v) is 15.2. The Kier molecular flexibility index (Phi) is 4.16. The van der Waals surface area contributed by atoms with Gasteiger partial charge >= 0.3 is 0 Å². The van der Waals surface area contributed by atoms with E-state index in [1.54, 1.807) is 19.1 Å². The van der Waals surface area contributed by atoms with Crippen LogP contribution in [0, 0.1) is 0 Å². The summed E-state index contributed by atoms with van der Waals surface area (Å²) in [5.74, 6) is 1.42. The van der Waals surface area contributed by atoms with Crippen LogP contribution < -0.4 is 14.4 Å². The predicted molar refractivity (Wildman–Crippen MR) is 108 cm³/mol. The Hall–Kier alpha value is -3.53. The first kappa shape index (κ1) is 16.9. The molecule has 0 atom stereocenters. The third-order valence-electron chi connectivity index (χ3n) is 4.78. The first-order chi connectivity index (χ1) is 13.1. The van der Waals surface area contributed by atoms with Crippen LogP contribution in [-0.4, -0.2) is 20.1 Å². The quantitative estimate of drug-likeness (QED) is 0.613. The highest BCUT2D eigenvalue weighted by Gasteiger charge is 2.34. The number of ether oxygens (including phenoxy) is 2. The van der Waals surface area contributed by atoms with Crippen molar-refractivity contribution >= 4 is 22.9 Å². The van der Waals surface area contributed by atoms with Crippen molar-refractivity contribution in [1.82, 2.24) is 0 Å². The van der Waals surface area contributed by atoms with E-state index in [1.807, 2.05) is 66.7 Å². The monoisotopic (exact) mass is 357 g/mol. The second kappa shape index (κ2) is 6.65. The number of carbonyl (C=O) groups is 1. The van der Waals surface area contributed by atoms with Crippen molar-refractivity contribution in [3.63, 3.8) is 0 Å². The molecule has 1 aliphatic rings. The molecule has 27 heavy (non-hydrogen) atoms. The molecular formula is C23H19NO3. The van der Waals surface area contributed by atoms with E-state index in [0.29, 0.717) is 5.57 Å². The second-order valence-electron chi connectivity index (χ2n) is 6.25. The maximum Gasteiger partial charge on any atom is 0.262 e. The fourth-order valence-electron chi connectivity index (χ4n) is 3.39. The summed E-state index contributed by atoms with van der Waals surface area (Å²) < 4.78 is 10.5. The van der Waals surface area contributed by atoms with E-state index in [-0.39, 0.29) is 5.91 Å². The van der Waals surface area contributed by atoms with Gasteiger partial charge in [-0.3, -0.25) is 9.69 Å². The molecule has 4 heteroatoms. The van der Waals surface area contributed by atoms with Gasteiger partial charge in [-0.25, -0.2) is 0 Å². The van der Waals surface area contributed by atoms with Crippen LogP contribution in [0.15, 0.2) is 73.3 Å². The summed E-state index contributed by atoms with van der Waals surface area (Å²) in [7, 11) is 3.26. The number of fused-ring (bicyclic) bond motifs is 1. The molecule has 0 fully saturated rings. The molecule has 1 heterocycles. The van der Waals surface area contributed by atoms with Gasteiger partial charge in [0.2, 0.25) is 0 Å². The van der Waals surface area contributed by atoms with Gasteiger partial charge in [-0.05, 0) is 53.6 Å². The average Bonchev–Trinajstić information content (AvgIpc) is 2.99. The van der Waals surface area contributed by atoms with Crippen LogP contribution in [0.3, 0.4) is 0 Å². The third kappa shape index (κ3) is 2.75. The van der Waals surface area contributed by atoms with Gasteiger partial charge in [-0.15, -0.1) is 0 Å². The normalized spacial score (nSPS) is 12.9. The molecule has 0 radical (unpaired) electrons. The Morgan fingerprint density at radius 1 is 0.815 bits per heavy atom. The van der Waals surface area contributed by atoms with Crippen molar-refractivity contribution < 1.29 is 14.3 Å². The Morgan fingerprint density at radius 2 is 1.41 bits per heavy atom. The van der Waals surface area contributed by atoms with Crippen molar-refractivity contribution in [3.8, 4) is 22.6 Å². The Balaban J connectivity index is 1.83. The third-order valence-corrected chi connectivity index (χ3v) is 4.78. The number of nitrogens with zero attached hydrogens (tertiary/aromatic N) is 1. The number of methoxy groups -OCH3 is 2. The van der Waals surface area contributed by atoms with Gasteiger partial charge in [0.15, 0.2) is 0 Å².